The average molecular weight is 268 g/mol. The third-order valence-electron chi connectivity index (χ3n) is 2.12. The van der Waals surface area contributed by atoms with Gasteiger partial charge in [-0.25, -0.2) is 0 Å². The number of nitrogens with zero attached hydrogens (tertiary/aromatic N) is 1. The lowest BCUT2D eigenvalue weighted by molar-refractivity contribution is -0.270. The van der Waals surface area contributed by atoms with Gasteiger partial charge >= 0.3 is 18.0 Å². The van der Waals surface area contributed by atoms with Crippen LogP contribution in [0.15, 0.2) is 24.4 Å². The zero-order valence-corrected chi connectivity index (χ0v) is 9.13. The van der Waals surface area contributed by atoms with E-state index in [4.69, 9.17) is 0 Å². The maximum Gasteiger partial charge on any atom is 0.463 e. The first kappa shape index (κ1) is 14.3. The molecule has 0 saturated heterocycles. The Morgan fingerprint density at radius 1 is 1.28 bits per heavy atom. The summed E-state index contributed by atoms with van der Waals surface area (Å²) in [6.07, 6.45) is -4.58. The van der Waals surface area contributed by atoms with Gasteiger partial charge in [0.15, 0.2) is 0 Å². The summed E-state index contributed by atoms with van der Waals surface area (Å²) < 4.78 is 61.0. The van der Waals surface area contributed by atoms with Crippen molar-refractivity contribution in [1.82, 2.24) is 10.3 Å². The van der Waals surface area contributed by atoms with Gasteiger partial charge in [-0.15, -0.1) is 0 Å². The molecule has 0 aliphatic rings. The fourth-order valence-corrected chi connectivity index (χ4v) is 1.12. The molecule has 0 bridgehead atoms. The van der Waals surface area contributed by atoms with Gasteiger partial charge in [-0.3, -0.25) is 9.78 Å². The van der Waals surface area contributed by atoms with Gasteiger partial charge in [-0.05, 0) is 19.1 Å². The van der Waals surface area contributed by atoms with Crippen molar-refractivity contribution in [1.29, 1.82) is 0 Å². The molecule has 0 spiro atoms. The van der Waals surface area contributed by atoms with Crippen LogP contribution in [0.2, 0.25) is 0 Å². The highest BCUT2D eigenvalue weighted by molar-refractivity contribution is 5.84. The minimum atomic E-state index is -5.92. The number of pyridine rings is 1. The monoisotopic (exact) mass is 268 g/mol. The summed E-state index contributed by atoms with van der Waals surface area (Å²) in [4.78, 5) is 14.6. The number of carbonyl (C=O) groups is 1. The molecule has 1 heterocycles. The minimum Gasteiger partial charge on any atom is -0.342 e. The smallest absolute Gasteiger partial charge is 0.342 e. The lowest BCUT2D eigenvalue weighted by Crippen LogP contribution is -2.50. The normalized spacial score (nSPS) is 14.1. The summed E-state index contributed by atoms with van der Waals surface area (Å²) in [5.41, 5.74) is 0.184. The van der Waals surface area contributed by atoms with E-state index in [2.05, 4.69) is 4.98 Å². The zero-order valence-electron chi connectivity index (χ0n) is 9.13. The van der Waals surface area contributed by atoms with Gasteiger partial charge < -0.3 is 5.32 Å². The van der Waals surface area contributed by atoms with Crippen molar-refractivity contribution >= 4 is 5.91 Å². The molecule has 0 saturated carbocycles. The fourth-order valence-electron chi connectivity index (χ4n) is 1.12. The number of amides is 1. The number of hydrogen-bond acceptors (Lipinski definition) is 2. The third kappa shape index (κ3) is 2.93. The minimum absolute atomic E-state index is 0.184. The SMILES string of the molecule is CC(NC(=O)C(F)(F)C(F)(F)F)c1ccccn1. The van der Waals surface area contributed by atoms with Crippen molar-refractivity contribution in [3.05, 3.63) is 30.1 Å². The Labute approximate surface area is 99.0 Å². The van der Waals surface area contributed by atoms with E-state index in [1.54, 1.807) is 11.4 Å². The topological polar surface area (TPSA) is 42.0 Å². The molecule has 1 amide bonds. The second-order valence-electron chi connectivity index (χ2n) is 3.52. The standard InChI is InChI=1S/C10H9F5N2O/c1-6(7-4-2-3-5-16-7)17-8(18)9(11,12)10(13,14)15/h2-6H,1H3,(H,17,18). The Morgan fingerprint density at radius 3 is 2.33 bits per heavy atom. The van der Waals surface area contributed by atoms with Crippen LogP contribution in [0.25, 0.3) is 0 Å². The van der Waals surface area contributed by atoms with Crippen molar-refractivity contribution in [2.75, 3.05) is 0 Å². The van der Waals surface area contributed by atoms with Crippen molar-refractivity contribution in [2.24, 2.45) is 0 Å². The predicted octanol–water partition coefficient (Wildman–Crippen LogP) is 2.46. The second-order valence-corrected chi connectivity index (χ2v) is 3.52. The van der Waals surface area contributed by atoms with Crippen molar-refractivity contribution in [3.63, 3.8) is 0 Å². The van der Waals surface area contributed by atoms with Gasteiger partial charge in [-0.2, -0.15) is 22.0 Å². The molecule has 3 nitrogen and oxygen atoms in total. The molecule has 0 aliphatic carbocycles. The molecule has 0 aromatic carbocycles. The highest BCUT2D eigenvalue weighted by Gasteiger charge is 2.63. The van der Waals surface area contributed by atoms with Crippen LogP contribution < -0.4 is 5.32 Å². The van der Waals surface area contributed by atoms with E-state index in [-0.39, 0.29) is 5.69 Å². The fraction of sp³-hybridized carbons (Fsp3) is 0.400. The number of aromatic nitrogens is 1. The Balaban J connectivity index is 2.78. The molecule has 0 fully saturated rings. The first-order valence-electron chi connectivity index (χ1n) is 4.82. The van der Waals surface area contributed by atoms with Crippen LogP contribution in [0, 0.1) is 0 Å². The molecule has 18 heavy (non-hydrogen) atoms. The first-order chi connectivity index (χ1) is 8.16. The van der Waals surface area contributed by atoms with Gasteiger partial charge in [-0.1, -0.05) is 6.07 Å². The van der Waals surface area contributed by atoms with Crippen LogP contribution in [-0.2, 0) is 4.79 Å². The molecular formula is C10H9F5N2O. The van der Waals surface area contributed by atoms with E-state index in [1.165, 1.54) is 25.3 Å². The molecule has 8 heteroatoms. The van der Waals surface area contributed by atoms with Gasteiger partial charge in [0.2, 0.25) is 0 Å². The largest absolute Gasteiger partial charge is 0.463 e. The summed E-state index contributed by atoms with van der Waals surface area (Å²) in [5, 5.41) is 1.57. The third-order valence-corrected chi connectivity index (χ3v) is 2.12. The van der Waals surface area contributed by atoms with Crippen LogP contribution in [0.1, 0.15) is 18.7 Å². The predicted molar refractivity (Wildman–Crippen MR) is 51.8 cm³/mol. The van der Waals surface area contributed by atoms with Crippen LogP contribution in [0.3, 0.4) is 0 Å². The molecular weight excluding hydrogens is 259 g/mol. The number of alkyl halides is 5. The van der Waals surface area contributed by atoms with Crippen LogP contribution in [0.5, 0.6) is 0 Å². The van der Waals surface area contributed by atoms with Gasteiger partial charge in [0, 0.05) is 6.20 Å². The molecule has 0 radical (unpaired) electrons. The molecule has 1 unspecified atom stereocenters. The lowest BCUT2D eigenvalue weighted by Gasteiger charge is -2.21. The molecule has 1 aromatic rings. The molecule has 1 atom stereocenters. The van der Waals surface area contributed by atoms with E-state index in [1.807, 2.05) is 0 Å². The Bertz CT molecular complexity index is 418. The van der Waals surface area contributed by atoms with Gasteiger partial charge in [0.05, 0.1) is 11.7 Å². The number of halogens is 5. The maximum absolute atomic E-state index is 12.6. The van der Waals surface area contributed by atoms with Gasteiger partial charge in [0.25, 0.3) is 0 Å². The lowest BCUT2D eigenvalue weighted by atomic mass is 10.2. The Hall–Kier alpha value is -1.73. The van der Waals surface area contributed by atoms with Crippen molar-refractivity contribution in [2.45, 2.75) is 25.1 Å². The summed E-state index contributed by atoms with van der Waals surface area (Å²) in [7, 11) is 0. The molecule has 100 valence electrons. The first-order valence-corrected chi connectivity index (χ1v) is 4.82. The van der Waals surface area contributed by atoms with Crippen LogP contribution >= 0.6 is 0 Å². The van der Waals surface area contributed by atoms with Crippen LogP contribution in [-0.4, -0.2) is 23.0 Å². The summed E-state index contributed by atoms with van der Waals surface area (Å²) in [6.45, 7) is 1.26. The molecule has 1 rings (SSSR count). The summed E-state index contributed by atoms with van der Waals surface area (Å²) in [6, 6.07) is 3.42. The number of hydrogen-bond donors (Lipinski definition) is 1. The zero-order chi connectivity index (χ0) is 14.0. The number of rotatable bonds is 3. The average Bonchev–Trinajstić information content (AvgIpc) is 2.28. The molecule has 1 N–H and O–H groups in total. The Kier molecular flexibility index (Phi) is 3.88. The van der Waals surface area contributed by atoms with Crippen molar-refractivity contribution in [3.8, 4) is 0 Å². The highest BCUT2D eigenvalue weighted by atomic mass is 19.4. The maximum atomic E-state index is 12.6. The summed E-state index contributed by atoms with van der Waals surface area (Å²) in [5.74, 6) is -7.82. The van der Waals surface area contributed by atoms with Gasteiger partial charge in [0.1, 0.15) is 0 Å². The molecule has 1 aromatic heterocycles. The van der Waals surface area contributed by atoms with E-state index in [9.17, 15) is 26.7 Å². The quantitative estimate of drug-likeness (QED) is 0.855. The van der Waals surface area contributed by atoms with E-state index < -0.39 is 24.0 Å². The second kappa shape index (κ2) is 4.87. The highest BCUT2D eigenvalue weighted by Crippen LogP contribution is 2.35. The number of nitrogens with one attached hydrogen (secondary N) is 1. The van der Waals surface area contributed by atoms with E-state index >= 15 is 0 Å². The van der Waals surface area contributed by atoms with Crippen molar-refractivity contribution < 1.29 is 26.7 Å². The summed E-state index contributed by atoms with van der Waals surface area (Å²) >= 11 is 0. The van der Waals surface area contributed by atoms with E-state index in [0.29, 0.717) is 0 Å². The molecule has 0 aliphatic heterocycles. The van der Waals surface area contributed by atoms with E-state index in [0.717, 1.165) is 0 Å². The number of carbonyl (C=O) groups excluding carboxylic acids is 1. The van der Waals surface area contributed by atoms with Crippen LogP contribution in [0.4, 0.5) is 22.0 Å². The Morgan fingerprint density at radius 2 is 1.89 bits per heavy atom.